The molecule has 1 amide bonds. The third-order valence-electron chi connectivity index (χ3n) is 7.74. The summed E-state index contributed by atoms with van der Waals surface area (Å²) in [6, 6.07) is 12.7. The maximum atomic E-state index is 13.0. The zero-order valence-electron chi connectivity index (χ0n) is 17.4. The van der Waals surface area contributed by atoms with Crippen LogP contribution in [0.1, 0.15) is 37.8 Å². The highest BCUT2D eigenvalue weighted by Crippen LogP contribution is 2.53. The first-order valence-corrected chi connectivity index (χ1v) is 11.3. The van der Waals surface area contributed by atoms with Gasteiger partial charge in [-0.05, 0) is 79.9 Å². The molecule has 1 aromatic carbocycles. The fraction of sp³-hybridized carbons (Fsp3) is 0.480. The molecule has 154 valence electrons. The van der Waals surface area contributed by atoms with E-state index in [-0.39, 0.29) is 12.5 Å². The second-order valence-corrected chi connectivity index (χ2v) is 9.69. The highest BCUT2D eigenvalue weighted by molar-refractivity contribution is 5.95. The molecule has 3 aromatic rings. The zero-order chi connectivity index (χ0) is 20.2. The van der Waals surface area contributed by atoms with Gasteiger partial charge in [0.1, 0.15) is 6.54 Å². The van der Waals surface area contributed by atoms with Crippen molar-refractivity contribution >= 4 is 16.9 Å². The summed E-state index contributed by atoms with van der Waals surface area (Å²) in [4.78, 5) is 17.6. The van der Waals surface area contributed by atoms with Crippen molar-refractivity contribution in [1.82, 2.24) is 20.1 Å². The van der Waals surface area contributed by atoms with Gasteiger partial charge in [0.25, 0.3) is 0 Å². The minimum Gasteiger partial charge on any atom is -0.351 e. The first-order valence-electron chi connectivity index (χ1n) is 11.3. The second kappa shape index (κ2) is 6.93. The van der Waals surface area contributed by atoms with Crippen LogP contribution < -0.4 is 5.32 Å². The van der Waals surface area contributed by atoms with Gasteiger partial charge in [0.05, 0.1) is 5.69 Å². The van der Waals surface area contributed by atoms with Crippen LogP contribution in [0.4, 0.5) is 0 Å². The molecule has 2 heterocycles. The third kappa shape index (κ3) is 2.94. The fourth-order valence-corrected chi connectivity index (χ4v) is 6.78. The summed E-state index contributed by atoms with van der Waals surface area (Å²) in [5, 5.41) is 9.13. The number of aromatic nitrogens is 3. The Hall–Kier alpha value is -2.69. The minimum atomic E-state index is 0.0730. The lowest BCUT2D eigenvalue weighted by Gasteiger charge is -2.54. The van der Waals surface area contributed by atoms with Gasteiger partial charge in [0.2, 0.25) is 5.91 Å². The van der Waals surface area contributed by atoms with Gasteiger partial charge >= 0.3 is 0 Å². The Balaban J connectivity index is 1.25. The lowest BCUT2D eigenvalue weighted by molar-refractivity contribution is -0.125. The first kappa shape index (κ1) is 18.1. The van der Waals surface area contributed by atoms with Crippen LogP contribution in [0.25, 0.3) is 22.2 Å². The molecule has 30 heavy (non-hydrogen) atoms. The summed E-state index contributed by atoms with van der Waals surface area (Å²) < 4.78 is 1.78. The molecule has 0 radical (unpaired) electrons. The number of carbonyl (C=O) groups excluding carboxylic acids is 1. The number of benzene rings is 1. The monoisotopic (exact) mass is 400 g/mol. The Kier molecular flexibility index (Phi) is 4.18. The molecule has 4 aliphatic rings. The number of nitrogens with one attached hydrogen (secondary N) is 1. The molecule has 0 spiro atoms. The van der Waals surface area contributed by atoms with Crippen LogP contribution in [0, 0.1) is 30.6 Å². The van der Waals surface area contributed by atoms with Crippen LogP contribution in [0.3, 0.4) is 0 Å². The van der Waals surface area contributed by atoms with Crippen LogP contribution in [0.2, 0.25) is 0 Å². The molecule has 0 saturated heterocycles. The van der Waals surface area contributed by atoms with Gasteiger partial charge in [0, 0.05) is 17.6 Å². The van der Waals surface area contributed by atoms with E-state index in [1.807, 2.05) is 37.4 Å². The summed E-state index contributed by atoms with van der Waals surface area (Å²) >= 11 is 0. The largest absolute Gasteiger partial charge is 0.351 e. The van der Waals surface area contributed by atoms with E-state index < -0.39 is 0 Å². The highest BCUT2D eigenvalue weighted by atomic mass is 16.2. The number of rotatable bonds is 4. The Morgan fingerprint density at radius 3 is 2.43 bits per heavy atom. The van der Waals surface area contributed by atoms with Crippen molar-refractivity contribution in [1.29, 1.82) is 0 Å². The third-order valence-corrected chi connectivity index (χ3v) is 7.74. The molecule has 5 heteroatoms. The van der Waals surface area contributed by atoms with Gasteiger partial charge in [-0.15, -0.1) is 0 Å². The number of amides is 1. The predicted molar refractivity (Wildman–Crippen MR) is 117 cm³/mol. The molecule has 4 saturated carbocycles. The Bertz CT molecular complexity index is 1080. The SMILES string of the molecule is Cc1nn(CC(=O)NC2C3CC4CC(C3)CC2C4)c2nccc(-c3ccccc3)c12. The van der Waals surface area contributed by atoms with E-state index in [0.717, 1.165) is 39.7 Å². The van der Waals surface area contributed by atoms with Gasteiger partial charge in [-0.25, -0.2) is 9.67 Å². The Morgan fingerprint density at radius 2 is 1.73 bits per heavy atom. The van der Waals surface area contributed by atoms with Crippen molar-refractivity contribution in [3.05, 3.63) is 48.3 Å². The van der Waals surface area contributed by atoms with Crippen LogP contribution in [0.15, 0.2) is 42.6 Å². The average Bonchev–Trinajstić information content (AvgIpc) is 3.06. The minimum absolute atomic E-state index is 0.0730. The van der Waals surface area contributed by atoms with Crippen molar-refractivity contribution in [2.75, 3.05) is 0 Å². The number of hydrogen-bond donors (Lipinski definition) is 1. The molecule has 5 nitrogen and oxygen atoms in total. The number of nitrogens with zero attached hydrogens (tertiary/aromatic N) is 3. The second-order valence-electron chi connectivity index (χ2n) is 9.69. The number of fused-ring (bicyclic) bond motifs is 1. The van der Waals surface area contributed by atoms with E-state index in [1.165, 1.54) is 32.1 Å². The quantitative estimate of drug-likeness (QED) is 0.708. The Morgan fingerprint density at radius 1 is 1.03 bits per heavy atom. The van der Waals surface area contributed by atoms with Crippen molar-refractivity contribution in [3.63, 3.8) is 0 Å². The normalized spacial score (nSPS) is 29.4. The average molecular weight is 401 g/mol. The van der Waals surface area contributed by atoms with E-state index in [9.17, 15) is 4.79 Å². The fourth-order valence-electron chi connectivity index (χ4n) is 6.78. The maximum Gasteiger partial charge on any atom is 0.242 e. The number of aryl methyl sites for hydroxylation is 1. The molecular formula is C25H28N4O. The van der Waals surface area contributed by atoms with Gasteiger partial charge in [0.15, 0.2) is 5.65 Å². The van der Waals surface area contributed by atoms with Crippen LogP contribution in [-0.2, 0) is 11.3 Å². The van der Waals surface area contributed by atoms with Crippen molar-refractivity contribution in [3.8, 4) is 11.1 Å². The smallest absolute Gasteiger partial charge is 0.242 e. The summed E-state index contributed by atoms with van der Waals surface area (Å²) in [6.45, 7) is 2.24. The van der Waals surface area contributed by atoms with Crippen molar-refractivity contribution in [2.45, 2.75) is 51.6 Å². The lowest BCUT2D eigenvalue weighted by Crippen LogP contribution is -2.56. The zero-order valence-corrected chi connectivity index (χ0v) is 17.4. The van der Waals surface area contributed by atoms with Gasteiger partial charge in [-0.1, -0.05) is 30.3 Å². The van der Waals surface area contributed by atoms with E-state index >= 15 is 0 Å². The van der Waals surface area contributed by atoms with Crippen molar-refractivity contribution in [2.24, 2.45) is 23.7 Å². The van der Waals surface area contributed by atoms with Crippen molar-refractivity contribution < 1.29 is 4.79 Å². The number of pyridine rings is 1. The molecule has 1 N–H and O–H groups in total. The summed E-state index contributed by atoms with van der Waals surface area (Å²) in [6.07, 6.45) is 8.49. The topological polar surface area (TPSA) is 59.8 Å². The molecule has 0 unspecified atom stereocenters. The molecular weight excluding hydrogens is 372 g/mol. The van der Waals surface area contributed by atoms with Crippen LogP contribution in [-0.4, -0.2) is 26.7 Å². The van der Waals surface area contributed by atoms with Gasteiger partial charge in [-0.3, -0.25) is 4.79 Å². The summed E-state index contributed by atoms with van der Waals surface area (Å²) in [5.74, 6) is 3.27. The molecule has 4 fully saturated rings. The summed E-state index contributed by atoms with van der Waals surface area (Å²) in [7, 11) is 0. The highest BCUT2D eigenvalue weighted by Gasteiger charge is 2.48. The van der Waals surface area contributed by atoms with E-state index in [1.54, 1.807) is 4.68 Å². The van der Waals surface area contributed by atoms with Gasteiger partial charge in [-0.2, -0.15) is 5.10 Å². The molecule has 0 aliphatic heterocycles. The molecule has 2 aromatic heterocycles. The number of carbonyl (C=O) groups is 1. The van der Waals surface area contributed by atoms with Gasteiger partial charge < -0.3 is 5.32 Å². The predicted octanol–water partition coefficient (Wildman–Crippen LogP) is 4.35. The van der Waals surface area contributed by atoms with Crippen LogP contribution in [0.5, 0.6) is 0 Å². The van der Waals surface area contributed by atoms with E-state index in [2.05, 4.69) is 22.4 Å². The lowest BCUT2D eigenvalue weighted by atomic mass is 9.54. The summed E-state index contributed by atoms with van der Waals surface area (Å²) in [5.41, 5.74) is 3.96. The maximum absolute atomic E-state index is 13.0. The first-order chi connectivity index (χ1) is 14.7. The number of hydrogen-bond acceptors (Lipinski definition) is 3. The standard InChI is InChI=1S/C25H28N4O/c1-15-23-21(18-5-3-2-4-6-18)7-8-26-25(23)29(28-15)14-22(30)27-24-19-10-16-9-17(12-19)13-20(24)11-16/h2-8,16-17,19-20,24H,9-14H2,1H3,(H,27,30). The van der Waals surface area contributed by atoms with E-state index in [0.29, 0.717) is 17.9 Å². The molecule has 7 rings (SSSR count). The van der Waals surface area contributed by atoms with E-state index in [4.69, 9.17) is 5.10 Å². The molecule has 4 bridgehead atoms. The van der Waals surface area contributed by atoms with Crippen LogP contribution >= 0.6 is 0 Å². The molecule has 4 aliphatic carbocycles. The molecule has 0 atom stereocenters. The Labute approximate surface area is 176 Å².